The fourth-order valence-electron chi connectivity index (χ4n) is 2.38. The molecule has 116 valence electrons. The second-order valence-electron chi connectivity index (χ2n) is 5.09. The van der Waals surface area contributed by atoms with Crippen molar-refractivity contribution in [1.29, 1.82) is 0 Å². The van der Waals surface area contributed by atoms with Gasteiger partial charge in [-0.05, 0) is 64.3 Å². The molecule has 0 saturated heterocycles. The Morgan fingerprint density at radius 2 is 1.95 bits per heavy atom. The van der Waals surface area contributed by atoms with E-state index in [4.69, 9.17) is 14.2 Å². The minimum absolute atomic E-state index is 0.294. The van der Waals surface area contributed by atoms with Crippen molar-refractivity contribution in [2.75, 3.05) is 20.4 Å². The predicted molar refractivity (Wildman–Crippen MR) is 88.7 cm³/mol. The molecular formula is C17H18BrNO3. The first-order valence-electron chi connectivity index (χ1n) is 7.18. The summed E-state index contributed by atoms with van der Waals surface area (Å²) >= 11 is 3.51. The zero-order valence-corrected chi connectivity index (χ0v) is 14.0. The highest BCUT2D eigenvalue weighted by Crippen LogP contribution is 2.39. The molecule has 0 bridgehead atoms. The highest BCUT2D eigenvalue weighted by molar-refractivity contribution is 9.10. The molecule has 4 nitrogen and oxygen atoms in total. The molecule has 5 heteroatoms. The molecule has 0 fully saturated rings. The third-order valence-corrected chi connectivity index (χ3v) is 4.15. The van der Waals surface area contributed by atoms with Crippen LogP contribution in [-0.2, 0) is 13.0 Å². The summed E-state index contributed by atoms with van der Waals surface area (Å²) in [4.78, 5) is 0. The van der Waals surface area contributed by atoms with Crippen LogP contribution in [-0.4, -0.2) is 20.4 Å². The molecule has 3 rings (SSSR count). The number of halogens is 1. The maximum Gasteiger partial charge on any atom is 0.231 e. The van der Waals surface area contributed by atoms with Crippen molar-refractivity contribution in [2.24, 2.45) is 0 Å². The topological polar surface area (TPSA) is 39.7 Å². The van der Waals surface area contributed by atoms with Gasteiger partial charge < -0.3 is 19.5 Å². The van der Waals surface area contributed by atoms with Crippen LogP contribution >= 0.6 is 15.9 Å². The first-order chi connectivity index (χ1) is 10.8. The molecule has 0 amide bonds. The molecule has 1 heterocycles. The van der Waals surface area contributed by atoms with Crippen LogP contribution in [0.5, 0.6) is 17.2 Å². The van der Waals surface area contributed by atoms with E-state index in [0.717, 1.165) is 41.2 Å². The minimum atomic E-state index is 0.294. The summed E-state index contributed by atoms with van der Waals surface area (Å²) < 4.78 is 16.9. The van der Waals surface area contributed by atoms with Crippen molar-refractivity contribution in [1.82, 2.24) is 5.32 Å². The first kappa shape index (κ1) is 15.2. The van der Waals surface area contributed by atoms with Gasteiger partial charge in [0, 0.05) is 6.54 Å². The molecule has 0 aromatic heterocycles. The molecular weight excluding hydrogens is 346 g/mol. The molecule has 2 aromatic carbocycles. The molecule has 2 aromatic rings. The van der Waals surface area contributed by atoms with Gasteiger partial charge in [-0.2, -0.15) is 0 Å². The second kappa shape index (κ2) is 7.03. The van der Waals surface area contributed by atoms with E-state index in [1.165, 1.54) is 11.1 Å². The van der Waals surface area contributed by atoms with Crippen LogP contribution in [0.1, 0.15) is 11.1 Å². The van der Waals surface area contributed by atoms with Crippen molar-refractivity contribution in [3.05, 3.63) is 52.0 Å². The van der Waals surface area contributed by atoms with E-state index in [9.17, 15) is 0 Å². The van der Waals surface area contributed by atoms with Crippen LogP contribution in [0.2, 0.25) is 0 Å². The summed E-state index contributed by atoms with van der Waals surface area (Å²) in [5.74, 6) is 2.49. The fourth-order valence-corrected chi connectivity index (χ4v) is 2.98. The van der Waals surface area contributed by atoms with Crippen molar-refractivity contribution in [3.63, 3.8) is 0 Å². The van der Waals surface area contributed by atoms with Crippen LogP contribution in [0.15, 0.2) is 40.9 Å². The van der Waals surface area contributed by atoms with Gasteiger partial charge in [-0.1, -0.05) is 12.1 Å². The molecule has 0 unspecified atom stereocenters. The zero-order valence-electron chi connectivity index (χ0n) is 12.4. The summed E-state index contributed by atoms with van der Waals surface area (Å²) in [5.41, 5.74) is 2.46. The fraction of sp³-hybridized carbons (Fsp3) is 0.294. The van der Waals surface area contributed by atoms with Crippen LogP contribution in [0.3, 0.4) is 0 Å². The smallest absolute Gasteiger partial charge is 0.231 e. The Balaban J connectivity index is 1.50. The lowest BCUT2D eigenvalue weighted by molar-refractivity contribution is 0.173. The van der Waals surface area contributed by atoms with Crippen LogP contribution in [0.4, 0.5) is 0 Å². The number of methoxy groups -OCH3 is 1. The summed E-state index contributed by atoms with van der Waals surface area (Å²) in [6.45, 7) is 2.01. The van der Waals surface area contributed by atoms with E-state index in [1.54, 1.807) is 7.11 Å². The molecule has 1 aliphatic heterocycles. The zero-order chi connectivity index (χ0) is 15.4. The average Bonchev–Trinajstić information content (AvgIpc) is 3.01. The van der Waals surface area contributed by atoms with Crippen molar-refractivity contribution >= 4 is 15.9 Å². The monoisotopic (exact) mass is 363 g/mol. The van der Waals surface area contributed by atoms with Crippen LogP contribution in [0, 0.1) is 0 Å². The lowest BCUT2D eigenvalue weighted by atomic mass is 10.1. The Labute approximate surface area is 138 Å². The number of benzene rings is 2. The van der Waals surface area contributed by atoms with Gasteiger partial charge in [0.05, 0.1) is 11.6 Å². The van der Waals surface area contributed by atoms with Crippen molar-refractivity contribution < 1.29 is 14.2 Å². The summed E-state index contributed by atoms with van der Waals surface area (Å²) in [7, 11) is 1.68. The maximum absolute atomic E-state index is 5.43. The van der Waals surface area contributed by atoms with Crippen LogP contribution in [0.25, 0.3) is 0 Å². The van der Waals surface area contributed by atoms with Gasteiger partial charge in [-0.15, -0.1) is 0 Å². The second-order valence-corrected chi connectivity index (χ2v) is 5.94. The lowest BCUT2D eigenvalue weighted by Gasteiger charge is -2.08. The Hall–Kier alpha value is -1.72. The molecule has 22 heavy (non-hydrogen) atoms. The van der Waals surface area contributed by atoms with Gasteiger partial charge in [0.1, 0.15) is 5.75 Å². The number of rotatable bonds is 6. The van der Waals surface area contributed by atoms with E-state index in [2.05, 4.69) is 39.4 Å². The summed E-state index contributed by atoms with van der Waals surface area (Å²) in [6, 6.07) is 12.3. The standard InChI is InChI=1S/C17H18BrNO3/c1-20-14-4-2-12(3-5-14)6-7-19-10-13-8-15(18)17-16(9-13)21-11-22-17/h2-5,8-9,19H,6-7,10-11H2,1H3. The Kier molecular flexibility index (Phi) is 4.85. The Bertz CT molecular complexity index is 643. The van der Waals surface area contributed by atoms with Crippen LogP contribution < -0.4 is 19.5 Å². The summed E-state index contributed by atoms with van der Waals surface area (Å²) in [5, 5.41) is 3.45. The first-order valence-corrected chi connectivity index (χ1v) is 7.97. The predicted octanol–water partition coefficient (Wildman–Crippen LogP) is 3.52. The van der Waals surface area contributed by atoms with E-state index in [1.807, 2.05) is 18.2 Å². The Morgan fingerprint density at radius 3 is 2.73 bits per heavy atom. The Morgan fingerprint density at radius 1 is 1.14 bits per heavy atom. The minimum Gasteiger partial charge on any atom is -0.497 e. The maximum atomic E-state index is 5.43. The van der Waals surface area contributed by atoms with Gasteiger partial charge in [-0.25, -0.2) is 0 Å². The number of nitrogens with one attached hydrogen (secondary N) is 1. The van der Waals surface area contributed by atoms with Crippen molar-refractivity contribution in [2.45, 2.75) is 13.0 Å². The highest BCUT2D eigenvalue weighted by Gasteiger charge is 2.17. The van der Waals surface area contributed by atoms with E-state index in [0.29, 0.717) is 6.79 Å². The third kappa shape index (κ3) is 3.54. The molecule has 0 spiro atoms. The van der Waals surface area contributed by atoms with Gasteiger partial charge in [0.25, 0.3) is 0 Å². The lowest BCUT2D eigenvalue weighted by Crippen LogP contribution is -2.16. The molecule has 0 radical (unpaired) electrons. The summed E-state index contributed by atoms with van der Waals surface area (Å²) in [6.07, 6.45) is 0.982. The van der Waals surface area contributed by atoms with Gasteiger partial charge >= 0.3 is 0 Å². The molecule has 1 aliphatic rings. The van der Waals surface area contributed by atoms with E-state index >= 15 is 0 Å². The van der Waals surface area contributed by atoms with Gasteiger partial charge in [-0.3, -0.25) is 0 Å². The molecule has 0 aliphatic carbocycles. The van der Waals surface area contributed by atoms with Gasteiger partial charge in [0.2, 0.25) is 6.79 Å². The number of ether oxygens (including phenoxy) is 3. The van der Waals surface area contributed by atoms with Crippen molar-refractivity contribution in [3.8, 4) is 17.2 Å². The third-order valence-electron chi connectivity index (χ3n) is 3.57. The molecule has 0 saturated carbocycles. The van der Waals surface area contributed by atoms with E-state index < -0.39 is 0 Å². The number of hydrogen-bond donors (Lipinski definition) is 1. The molecule has 0 atom stereocenters. The van der Waals surface area contributed by atoms with Gasteiger partial charge in [0.15, 0.2) is 11.5 Å². The highest BCUT2D eigenvalue weighted by atomic mass is 79.9. The van der Waals surface area contributed by atoms with E-state index in [-0.39, 0.29) is 0 Å². The number of fused-ring (bicyclic) bond motifs is 1. The SMILES string of the molecule is COc1ccc(CCNCc2cc(Br)c3c(c2)OCO3)cc1. The quantitative estimate of drug-likeness (QED) is 0.797. The molecule has 1 N–H and O–H groups in total. The average molecular weight is 364 g/mol. The largest absolute Gasteiger partial charge is 0.497 e. The normalized spacial score (nSPS) is 12.5. The number of hydrogen-bond acceptors (Lipinski definition) is 4.